The Morgan fingerprint density at radius 2 is 0.741 bits per heavy atom. The SMILES string of the molecule is CCSP1(SC(C)C)=NP(SCC)(SC(C)C)=NP(SCC)(SC(C)C)=N1. The largest absolute Gasteiger partial charge is 0.202 e. The smallest absolute Gasteiger partial charge is 0.190 e. The molecule has 0 N–H and O–H groups in total. The van der Waals surface area contributed by atoms with Crippen LogP contribution in [0.25, 0.3) is 0 Å². The monoisotopic (exact) mass is 543 g/mol. The Morgan fingerprint density at radius 1 is 0.519 bits per heavy atom. The second-order valence-electron chi connectivity index (χ2n) is 6.46. The molecule has 162 valence electrons. The summed E-state index contributed by atoms with van der Waals surface area (Å²) < 4.78 is 16.9. The third-order valence-electron chi connectivity index (χ3n) is 2.61. The molecular formula is C15H36N3P3S6. The fraction of sp³-hybridized carbons (Fsp3) is 1.00. The molecule has 3 nitrogen and oxygen atoms in total. The standard InChI is InChI=1S/C15H36N3P3S6/c1-10-22-19(25-13(4)5)16-20(23-11-2,26-14(6)7)18-21(17-19,24-12-3)27-15(8)9/h13-15H,10-12H2,1-9H3. The summed E-state index contributed by atoms with van der Waals surface area (Å²) in [7, 11) is 0. The Hall–Kier alpha value is 2.79. The highest BCUT2D eigenvalue weighted by atomic mass is 33.1. The van der Waals surface area contributed by atoms with Gasteiger partial charge in [0.05, 0.1) is 0 Å². The van der Waals surface area contributed by atoms with Gasteiger partial charge in [-0.3, -0.25) is 0 Å². The van der Waals surface area contributed by atoms with Crippen LogP contribution in [0.4, 0.5) is 0 Å². The third-order valence-corrected chi connectivity index (χ3v) is 36.6. The van der Waals surface area contributed by atoms with E-state index in [9.17, 15) is 0 Å². The van der Waals surface area contributed by atoms with Crippen molar-refractivity contribution in [3.8, 4) is 0 Å². The highest BCUT2D eigenvalue weighted by Crippen LogP contribution is 2.97. The van der Waals surface area contributed by atoms with Crippen LogP contribution in [-0.2, 0) is 0 Å². The van der Waals surface area contributed by atoms with Gasteiger partial charge in [-0.15, -0.1) is 0 Å². The topological polar surface area (TPSA) is 37.1 Å². The fourth-order valence-electron chi connectivity index (χ4n) is 2.18. The molecule has 0 saturated heterocycles. The normalized spacial score (nSPS) is 31.1. The highest BCUT2D eigenvalue weighted by molar-refractivity contribution is 9.00. The van der Waals surface area contributed by atoms with Gasteiger partial charge in [-0.25, -0.2) is 13.5 Å². The molecule has 1 aliphatic rings. The first-order chi connectivity index (χ1) is 12.6. The second-order valence-corrected chi connectivity index (χ2v) is 33.0. The molecule has 0 saturated carbocycles. The molecule has 0 aliphatic carbocycles. The summed E-state index contributed by atoms with van der Waals surface area (Å²) in [6.45, 7) is 20.6. The minimum atomic E-state index is -1.86. The van der Waals surface area contributed by atoms with E-state index in [-0.39, 0.29) is 0 Å². The summed E-state index contributed by atoms with van der Waals surface area (Å²) in [6, 6.07) is 0. The Labute approximate surface area is 192 Å². The van der Waals surface area contributed by atoms with Crippen LogP contribution < -0.4 is 0 Å². The summed E-state index contributed by atoms with van der Waals surface area (Å²) in [4.78, 5) is 0. The summed E-state index contributed by atoms with van der Waals surface area (Å²) in [5, 5.41) is 1.62. The first-order valence-electron chi connectivity index (χ1n) is 9.45. The van der Waals surface area contributed by atoms with Gasteiger partial charge in [0.25, 0.3) is 0 Å². The number of rotatable bonds is 12. The number of nitrogens with zero attached hydrogens (tertiary/aromatic N) is 3. The van der Waals surface area contributed by atoms with Gasteiger partial charge in [-0.1, -0.05) is 131 Å². The van der Waals surface area contributed by atoms with Crippen molar-refractivity contribution in [3.63, 3.8) is 0 Å². The van der Waals surface area contributed by atoms with Crippen LogP contribution in [0.2, 0.25) is 0 Å². The predicted octanol–water partition coefficient (Wildman–Crippen LogP) is 11.5. The van der Waals surface area contributed by atoms with E-state index < -0.39 is 16.8 Å². The minimum absolute atomic E-state index is 0.540. The van der Waals surface area contributed by atoms with Crippen molar-refractivity contribution in [2.45, 2.75) is 78.1 Å². The van der Waals surface area contributed by atoms with Crippen molar-refractivity contribution in [3.05, 3.63) is 0 Å². The molecule has 1 rings (SSSR count). The lowest BCUT2D eigenvalue weighted by Crippen LogP contribution is -1.92. The van der Waals surface area contributed by atoms with Crippen LogP contribution in [-0.4, -0.2) is 33.0 Å². The van der Waals surface area contributed by atoms with Crippen LogP contribution in [0.5, 0.6) is 0 Å². The zero-order chi connectivity index (χ0) is 20.7. The highest BCUT2D eigenvalue weighted by Gasteiger charge is 2.40. The molecular weight excluding hydrogens is 508 g/mol. The predicted molar refractivity (Wildman–Crippen MR) is 151 cm³/mol. The van der Waals surface area contributed by atoms with Gasteiger partial charge in [-0.05, 0) is 17.3 Å². The van der Waals surface area contributed by atoms with Gasteiger partial charge in [0, 0.05) is 15.7 Å². The van der Waals surface area contributed by atoms with E-state index in [0.717, 1.165) is 17.3 Å². The van der Waals surface area contributed by atoms with Gasteiger partial charge in [-0.2, -0.15) is 0 Å². The number of hydrogen-bond donors (Lipinski definition) is 0. The summed E-state index contributed by atoms with van der Waals surface area (Å²) in [5.74, 6) is 3.23. The van der Waals surface area contributed by atoms with E-state index in [0.29, 0.717) is 15.7 Å². The van der Waals surface area contributed by atoms with Crippen molar-refractivity contribution < 1.29 is 0 Å². The molecule has 0 aromatic rings. The maximum absolute atomic E-state index is 5.63. The Kier molecular flexibility index (Phi) is 13.1. The molecule has 12 heteroatoms. The van der Waals surface area contributed by atoms with Gasteiger partial charge < -0.3 is 0 Å². The zero-order valence-electron chi connectivity index (χ0n) is 18.0. The van der Waals surface area contributed by atoms with Crippen molar-refractivity contribution in [2.75, 3.05) is 17.3 Å². The first-order valence-corrected chi connectivity index (χ1v) is 23.8. The maximum Gasteiger partial charge on any atom is 0.190 e. The fourth-order valence-corrected chi connectivity index (χ4v) is 51.2. The van der Waals surface area contributed by atoms with E-state index in [2.05, 4.69) is 62.3 Å². The van der Waals surface area contributed by atoms with E-state index in [1.54, 1.807) is 0 Å². The van der Waals surface area contributed by atoms with E-state index in [4.69, 9.17) is 13.5 Å². The molecule has 0 unspecified atom stereocenters. The van der Waals surface area contributed by atoms with Crippen LogP contribution in [0.15, 0.2) is 13.5 Å². The molecule has 1 heterocycles. The lowest BCUT2D eigenvalue weighted by molar-refractivity contribution is 1.12. The van der Waals surface area contributed by atoms with Crippen LogP contribution >= 0.6 is 85.1 Å². The van der Waals surface area contributed by atoms with Crippen LogP contribution in [0.3, 0.4) is 0 Å². The molecule has 0 atom stereocenters. The molecule has 0 bridgehead atoms. The average Bonchev–Trinajstić information content (AvgIpc) is 2.43. The van der Waals surface area contributed by atoms with E-state index in [1.165, 1.54) is 0 Å². The average molecular weight is 544 g/mol. The van der Waals surface area contributed by atoms with E-state index in [1.807, 2.05) is 68.3 Å². The lowest BCUT2D eigenvalue weighted by Gasteiger charge is -2.35. The summed E-state index contributed by atoms with van der Waals surface area (Å²) in [6.07, 6.45) is 0. The van der Waals surface area contributed by atoms with Gasteiger partial charge in [0.1, 0.15) is 0 Å². The second kappa shape index (κ2) is 12.7. The van der Waals surface area contributed by atoms with Gasteiger partial charge in [0.2, 0.25) is 0 Å². The molecule has 1 aliphatic heterocycles. The molecule has 27 heavy (non-hydrogen) atoms. The van der Waals surface area contributed by atoms with Gasteiger partial charge in [0.15, 0.2) is 16.8 Å². The van der Waals surface area contributed by atoms with Gasteiger partial charge >= 0.3 is 0 Å². The Balaban J connectivity index is 3.83. The molecule has 0 amide bonds. The van der Waals surface area contributed by atoms with Crippen LogP contribution in [0, 0.1) is 0 Å². The lowest BCUT2D eigenvalue weighted by atomic mass is 10.6. The van der Waals surface area contributed by atoms with E-state index >= 15 is 0 Å². The quantitative estimate of drug-likeness (QED) is 0.228. The summed E-state index contributed by atoms with van der Waals surface area (Å²) >= 11 is 12.2. The van der Waals surface area contributed by atoms with Crippen molar-refractivity contribution >= 4 is 85.1 Å². The zero-order valence-corrected chi connectivity index (χ0v) is 25.6. The Morgan fingerprint density at radius 3 is 0.889 bits per heavy atom. The van der Waals surface area contributed by atoms with Crippen molar-refractivity contribution in [1.29, 1.82) is 0 Å². The molecule has 0 spiro atoms. The molecule has 0 radical (unpaired) electrons. The van der Waals surface area contributed by atoms with Crippen LogP contribution in [0.1, 0.15) is 62.3 Å². The molecule has 0 aromatic heterocycles. The van der Waals surface area contributed by atoms with Crippen molar-refractivity contribution in [2.24, 2.45) is 13.5 Å². The Bertz CT molecular complexity index is 534. The minimum Gasteiger partial charge on any atom is -0.202 e. The molecule has 0 fully saturated rings. The summed E-state index contributed by atoms with van der Waals surface area (Å²) in [5.41, 5.74) is -5.57. The molecule has 0 aromatic carbocycles. The third kappa shape index (κ3) is 9.05. The van der Waals surface area contributed by atoms with Crippen molar-refractivity contribution in [1.82, 2.24) is 0 Å². The first kappa shape index (κ1) is 27.8. The number of hydrogen-bond acceptors (Lipinski definition) is 9. The maximum atomic E-state index is 5.63.